The molecule has 2 aromatic carbocycles. The molecule has 0 heterocycles. The van der Waals surface area contributed by atoms with Gasteiger partial charge in [0.05, 0.1) is 6.61 Å². The Bertz CT molecular complexity index is 490. The van der Waals surface area contributed by atoms with Crippen molar-refractivity contribution in [3.8, 4) is 0 Å². The molecule has 0 aliphatic heterocycles. The molecule has 2 rings (SSSR count). The van der Waals surface area contributed by atoms with Gasteiger partial charge < -0.3 is 5.11 Å². The number of halogens is 2. The molecule has 0 atom stereocenters. The Morgan fingerprint density at radius 2 is 1.40 bits per heavy atom. The quantitative estimate of drug-likeness (QED) is 0.849. The van der Waals surface area contributed by atoms with Gasteiger partial charge in [-0.2, -0.15) is 0 Å². The third-order valence-electron chi connectivity index (χ3n) is 2.98. The van der Waals surface area contributed by atoms with E-state index in [2.05, 4.69) is 57.2 Å². The van der Waals surface area contributed by atoms with Gasteiger partial charge in [-0.25, -0.2) is 0 Å². The number of aliphatic hydroxyl groups excluding tert-OH is 1. The Hall–Kier alpha value is -0.870. The van der Waals surface area contributed by atoms with Crippen LogP contribution in [0.3, 0.4) is 0 Å². The van der Waals surface area contributed by atoms with Crippen LogP contribution in [0.15, 0.2) is 59.1 Å². The monoisotopic (exact) mass is 355 g/mol. The molecule has 0 bridgehead atoms. The zero-order valence-electron chi connectivity index (χ0n) is 11.2. The van der Waals surface area contributed by atoms with Crippen LogP contribution < -0.4 is 0 Å². The molecule has 2 aromatic rings. The van der Waals surface area contributed by atoms with Crippen LogP contribution in [0.5, 0.6) is 0 Å². The van der Waals surface area contributed by atoms with Gasteiger partial charge in [0.25, 0.3) is 0 Å². The third-order valence-corrected chi connectivity index (χ3v) is 3.51. The number of hydrogen-bond acceptors (Lipinski definition) is 2. The lowest BCUT2D eigenvalue weighted by Gasteiger charge is -2.21. The smallest absolute Gasteiger partial charge is 0.0558 e. The van der Waals surface area contributed by atoms with Crippen molar-refractivity contribution < 1.29 is 5.11 Å². The third kappa shape index (κ3) is 5.63. The minimum atomic E-state index is 0. The summed E-state index contributed by atoms with van der Waals surface area (Å²) in [5, 5.41) is 9.19. The molecule has 0 saturated heterocycles. The average molecular weight is 357 g/mol. The topological polar surface area (TPSA) is 23.5 Å². The lowest BCUT2D eigenvalue weighted by atomic mass is 10.1. The maximum Gasteiger partial charge on any atom is 0.0558 e. The van der Waals surface area contributed by atoms with Crippen LogP contribution in [-0.4, -0.2) is 23.2 Å². The Balaban J connectivity index is 0.00000200. The molecule has 4 heteroatoms. The summed E-state index contributed by atoms with van der Waals surface area (Å²) in [6, 6.07) is 18.7. The number of hydrogen-bond donors (Lipinski definition) is 1. The van der Waals surface area contributed by atoms with Crippen LogP contribution in [0, 0.1) is 0 Å². The molecule has 0 unspecified atom stereocenters. The summed E-state index contributed by atoms with van der Waals surface area (Å²) in [7, 11) is 0. The van der Waals surface area contributed by atoms with Gasteiger partial charge >= 0.3 is 0 Å². The van der Waals surface area contributed by atoms with Gasteiger partial charge in [0.2, 0.25) is 0 Å². The molecule has 0 amide bonds. The molecule has 1 N–H and O–H groups in total. The molecule has 108 valence electrons. The van der Waals surface area contributed by atoms with E-state index in [0.717, 1.165) is 17.6 Å². The van der Waals surface area contributed by atoms with Gasteiger partial charge in [0, 0.05) is 24.1 Å². The first-order chi connectivity index (χ1) is 9.28. The Kier molecular flexibility index (Phi) is 7.85. The van der Waals surface area contributed by atoms with E-state index >= 15 is 0 Å². The summed E-state index contributed by atoms with van der Waals surface area (Å²) >= 11 is 3.44. The molecule has 0 radical (unpaired) electrons. The maximum absolute atomic E-state index is 9.19. The molecular weight excluding hydrogens is 338 g/mol. The van der Waals surface area contributed by atoms with E-state index in [0.29, 0.717) is 6.54 Å². The Morgan fingerprint density at radius 1 is 0.850 bits per heavy atom. The van der Waals surface area contributed by atoms with Crippen molar-refractivity contribution in [2.75, 3.05) is 13.2 Å². The lowest BCUT2D eigenvalue weighted by molar-refractivity contribution is 0.184. The average Bonchev–Trinajstić information content (AvgIpc) is 2.43. The standard InChI is InChI=1S/C16H18BrNO.ClH/c17-16-8-6-15(7-9-16)13-18(10-11-19)12-14-4-2-1-3-5-14;/h1-9,19H,10-13H2;1H. The fourth-order valence-corrected chi connectivity index (χ4v) is 2.31. The van der Waals surface area contributed by atoms with Gasteiger partial charge in [-0.1, -0.05) is 58.4 Å². The van der Waals surface area contributed by atoms with Crippen LogP contribution >= 0.6 is 28.3 Å². The predicted molar refractivity (Wildman–Crippen MR) is 89.0 cm³/mol. The molecule has 0 saturated carbocycles. The van der Waals surface area contributed by atoms with Gasteiger partial charge in [0.15, 0.2) is 0 Å². The van der Waals surface area contributed by atoms with Crippen molar-refractivity contribution in [3.05, 3.63) is 70.2 Å². The van der Waals surface area contributed by atoms with E-state index in [1.807, 2.05) is 18.2 Å². The highest BCUT2D eigenvalue weighted by atomic mass is 79.9. The molecule has 0 aliphatic carbocycles. The SMILES string of the molecule is Cl.OCCN(Cc1ccccc1)Cc1ccc(Br)cc1. The van der Waals surface area contributed by atoms with Crippen molar-refractivity contribution in [1.82, 2.24) is 4.90 Å². The highest BCUT2D eigenvalue weighted by molar-refractivity contribution is 9.10. The van der Waals surface area contributed by atoms with Gasteiger partial charge in [-0.15, -0.1) is 12.4 Å². The fraction of sp³-hybridized carbons (Fsp3) is 0.250. The van der Waals surface area contributed by atoms with Crippen molar-refractivity contribution in [3.63, 3.8) is 0 Å². The van der Waals surface area contributed by atoms with Crippen LogP contribution in [0.2, 0.25) is 0 Å². The Labute approximate surface area is 135 Å². The fourth-order valence-electron chi connectivity index (χ4n) is 2.05. The molecule has 0 aliphatic rings. The summed E-state index contributed by atoms with van der Waals surface area (Å²) in [4.78, 5) is 2.25. The zero-order valence-corrected chi connectivity index (χ0v) is 13.6. The van der Waals surface area contributed by atoms with Crippen LogP contribution in [0.4, 0.5) is 0 Å². The largest absolute Gasteiger partial charge is 0.395 e. The summed E-state index contributed by atoms with van der Waals surface area (Å²) < 4.78 is 1.09. The number of benzene rings is 2. The Morgan fingerprint density at radius 3 is 1.95 bits per heavy atom. The zero-order chi connectivity index (χ0) is 13.5. The molecule has 0 aromatic heterocycles. The predicted octanol–water partition coefficient (Wildman–Crippen LogP) is 3.87. The van der Waals surface area contributed by atoms with E-state index in [-0.39, 0.29) is 19.0 Å². The van der Waals surface area contributed by atoms with Crippen LogP contribution in [0.1, 0.15) is 11.1 Å². The van der Waals surface area contributed by atoms with Crippen LogP contribution in [0.25, 0.3) is 0 Å². The minimum absolute atomic E-state index is 0. The van der Waals surface area contributed by atoms with Crippen molar-refractivity contribution in [1.29, 1.82) is 0 Å². The summed E-state index contributed by atoms with van der Waals surface area (Å²) in [5.41, 5.74) is 2.53. The van der Waals surface area contributed by atoms with E-state index in [1.165, 1.54) is 11.1 Å². The number of nitrogens with zero attached hydrogens (tertiary/aromatic N) is 1. The van der Waals surface area contributed by atoms with Crippen LogP contribution in [-0.2, 0) is 13.1 Å². The van der Waals surface area contributed by atoms with E-state index in [4.69, 9.17) is 0 Å². The second kappa shape index (κ2) is 9.14. The second-order valence-corrected chi connectivity index (χ2v) is 5.46. The highest BCUT2D eigenvalue weighted by Crippen LogP contribution is 2.13. The summed E-state index contributed by atoms with van der Waals surface area (Å²) in [6.07, 6.45) is 0. The van der Waals surface area contributed by atoms with Gasteiger partial charge in [-0.3, -0.25) is 4.90 Å². The van der Waals surface area contributed by atoms with Gasteiger partial charge in [-0.05, 0) is 23.3 Å². The molecule has 0 spiro atoms. The van der Waals surface area contributed by atoms with Gasteiger partial charge in [0.1, 0.15) is 0 Å². The molecule has 2 nitrogen and oxygen atoms in total. The normalized spacial score (nSPS) is 10.3. The first-order valence-electron chi connectivity index (χ1n) is 6.39. The van der Waals surface area contributed by atoms with Crippen molar-refractivity contribution in [2.45, 2.75) is 13.1 Å². The van der Waals surface area contributed by atoms with E-state index < -0.39 is 0 Å². The first-order valence-corrected chi connectivity index (χ1v) is 7.19. The minimum Gasteiger partial charge on any atom is -0.395 e. The number of rotatable bonds is 6. The van der Waals surface area contributed by atoms with E-state index in [1.54, 1.807) is 0 Å². The second-order valence-electron chi connectivity index (χ2n) is 4.55. The maximum atomic E-state index is 9.19. The van der Waals surface area contributed by atoms with Crippen molar-refractivity contribution in [2.24, 2.45) is 0 Å². The number of aliphatic hydroxyl groups is 1. The van der Waals surface area contributed by atoms with E-state index in [9.17, 15) is 5.11 Å². The molecular formula is C16H19BrClNO. The summed E-state index contributed by atoms with van der Waals surface area (Å²) in [6.45, 7) is 2.58. The highest BCUT2D eigenvalue weighted by Gasteiger charge is 2.06. The molecule has 0 fully saturated rings. The van der Waals surface area contributed by atoms with Crippen molar-refractivity contribution >= 4 is 28.3 Å². The lowest BCUT2D eigenvalue weighted by Crippen LogP contribution is -2.26. The summed E-state index contributed by atoms with van der Waals surface area (Å²) in [5.74, 6) is 0. The first kappa shape index (κ1) is 17.2. The molecule has 20 heavy (non-hydrogen) atoms.